The van der Waals surface area contributed by atoms with E-state index in [2.05, 4.69) is 10.5 Å². The van der Waals surface area contributed by atoms with Crippen LogP contribution in [0.1, 0.15) is 16.1 Å². The Morgan fingerprint density at radius 3 is 2.83 bits per heavy atom. The zero-order chi connectivity index (χ0) is 13.1. The van der Waals surface area contributed by atoms with Gasteiger partial charge >= 0.3 is 0 Å². The highest BCUT2D eigenvalue weighted by molar-refractivity contribution is 6.31. The van der Waals surface area contributed by atoms with Crippen molar-refractivity contribution >= 4 is 23.4 Å². The molecule has 2 aromatic rings. The molecule has 1 heterocycles. The molecule has 0 bridgehead atoms. The Kier molecular flexibility index (Phi) is 3.53. The zero-order valence-electron chi connectivity index (χ0n) is 9.86. The quantitative estimate of drug-likeness (QED) is 0.928. The van der Waals surface area contributed by atoms with Crippen LogP contribution in [0.25, 0.3) is 0 Å². The molecule has 0 aliphatic heterocycles. The number of hydrogen-bond acceptors (Lipinski definition) is 4. The third-order valence-electron chi connectivity index (χ3n) is 2.27. The van der Waals surface area contributed by atoms with Crippen LogP contribution in [0, 0.1) is 6.92 Å². The predicted molar refractivity (Wildman–Crippen MR) is 67.2 cm³/mol. The second-order valence-electron chi connectivity index (χ2n) is 3.63. The van der Waals surface area contributed by atoms with E-state index in [0.717, 1.165) is 0 Å². The first-order chi connectivity index (χ1) is 8.60. The molecule has 1 aromatic heterocycles. The number of nitrogens with zero attached hydrogens (tertiary/aromatic N) is 1. The molecule has 1 amide bonds. The van der Waals surface area contributed by atoms with Gasteiger partial charge in [0.2, 0.25) is 5.88 Å². The number of carbonyl (C=O) groups is 1. The topological polar surface area (TPSA) is 64.4 Å². The zero-order valence-corrected chi connectivity index (χ0v) is 10.6. The molecule has 18 heavy (non-hydrogen) atoms. The minimum atomic E-state index is -0.370. The van der Waals surface area contributed by atoms with Crippen LogP contribution >= 0.6 is 11.6 Å². The van der Waals surface area contributed by atoms with E-state index in [0.29, 0.717) is 22.0 Å². The number of methoxy groups -OCH3 is 1. The summed E-state index contributed by atoms with van der Waals surface area (Å²) < 4.78 is 10.0. The van der Waals surface area contributed by atoms with Gasteiger partial charge in [0.15, 0.2) is 0 Å². The van der Waals surface area contributed by atoms with Crippen molar-refractivity contribution in [1.29, 1.82) is 0 Å². The first kappa shape index (κ1) is 12.4. The maximum Gasteiger partial charge on any atom is 0.261 e. The first-order valence-electron chi connectivity index (χ1n) is 5.18. The van der Waals surface area contributed by atoms with Crippen LogP contribution in [0.4, 0.5) is 5.88 Å². The van der Waals surface area contributed by atoms with Crippen molar-refractivity contribution < 1.29 is 14.1 Å². The van der Waals surface area contributed by atoms with E-state index in [4.69, 9.17) is 20.9 Å². The summed E-state index contributed by atoms with van der Waals surface area (Å²) >= 11 is 5.85. The van der Waals surface area contributed by atoms with E-state index in [1.54, 1.807) is 25.1 Å². The fourth-order valence-corrected chi connectivity index (χ4v) is 1.63. The van der Waals surface area contributed by atoms with Gasteiger partial charge in [-0.05, 0) is 25.1 Å². The molecule has 94 valence electrons. The fourth-order valence-electron chi connectivity index (χ4n) is 1.46. The predicted octanol–water partition coefficient (Wildman–Crippen LogP) is 2.90. The van der Waals surface area contributed by atoms with Gasteiger partial charge in [-0.25, -0.2) is 0 Å². The molecule has 0 fully saturated rings. The van der Waals surface area contributed by atoms with Crippen LogP contribution in [-0.2, 0) is 0 Å². The lowest BCUT2D eigenvalue weighted by Crippen LogP contribution is -2.12. The number of ether oxygens (including phenoxy) is 1. The van der Waals surface area contributed by atoms with E-state index >= 15 is 0 Å². The summed E-state index contributed by atoms with van der Waals surface area (Å²) in [6, 6.07) is 6.42. The number of carbonyl (C=O) groups excluding carboxylic acids is 1. The Morgan fingerprint density at radius 2 is 2.22 bits per heavy atom. The minimum absolute atomic E-state index is 0.277. The molecule has 6 heteroatoms. The van der Waals surface area contributed by atoms with E-state index < -0.39 is 0 Å². The number of aromatic nitrogens is 1. The Labute approximate surface area is 109 Å². The molecule has 0 unspecified atom stereocenters. The maximum atomic E-state index is 12.0. The number of anilines is 1. The summed E-state index contributed by atoms with van der Waals surface area (Å²) in [4.78, 5) is 12.0. The largest absolute Gasteiger partial charge is 0.496 e. The van der Waals surface area contributed by atoms with E-state index in [-0.39, 0.29) is 11.8 Å². The van der Waals surface area contributed by atoms with E-state index in [9.17, 15) is 4.79 Å². The summed E-state index contributed by atoms with van der Waals surface area (Å²) in [5.74, 6) is 0.346. The molecule has 1 aromatic carbocycles. The van der Waals surface area contributed by atoms with Gasteiger partial charge < -0.3 is 9.26 Å². The van der Waals surface area contributed by atoms with Gasteiger partial charge in [-0.15, -0.1) is 0 Å². The molecule has 0 atom stereocenters. The lowest BCUT2D eigenvalue weighted by atomic mass is 10.2. The molecule has 0 radical (unpaired) electrons. The van der Waals surface area contributed by atoms with Gasteiger partial charge in [0.05, 0.1) is 18.4 Å². The highest BCUT2D eigenvalue weighted by Gasteiger charge is 2.14. The van der Waals surface area contributed by atoms with Gasteiger partial charge in [0.25, 0.3) is 5.91 Å². The second kappa shape index (κ2) is 5.10. The summed E-state index contributed by atoms with van der Waals surface area (Å²) in [5, 5.41) is 6.70. The normalized spacial score (nSPS) is 10.2. The van der Waals surface area contributed by atoms with Gasteiger partial charge in [-0.1, -0.05) is 16.8 Å². The molecule has 5 nitrogen and oxygen atoms in total. The summed E-state index contributed by atoms with van der Waals surface area (Å²) in [5.41, 5.74) is 1.02. The van der Waals surface area contributed by atoms with Gasteiger partial charge in [0, 0.05) is 11.1 Å². The number of rotatable bonds is 3. The molecule has 0 aliphatic carbocycles. The van der Waals surface area contributed by atoms with Crippen molar-refractivity contribution in [2.75, 3.05) is 12.4 Å². The Morgan fingerprint density at radius 1 is 1.44 bits per heavy atom. The van der Waals surface area contributed by atoms with Crippen LogP contribution in [0.2, 0.25) is 5.02 Å². The highest BCUT2D eigenvalue weighted by atomic mass is 35.5. The minimum Gasteiger partial charge on any atom is -0.496 e. The Bertz CT molecular complexity index is 580. The van der Waals surface area contributed by atoms with Gasteiger partial charge in [-0.3, -0.25) is 10.1 Å². The number of amides is 1. The number of hydrogen-bond donors (Lipinski definition) is 1. The molecule has 0 aliphatic rings. The van der Waals surface area contributed by atoms with Crippen LogP contribution in [-0.4, -0.2) is 18.2 Å². The summed E-state index contributed by atoms with van der Waals surface area (Å²) in [6.07, 6.45) is 0. The van der Waals surface area contributed by atoms with Crippen LogP contribution in [0.3, 0.4) is 0 Å². The molecule has 0 spiro atoms. The molecule has 1 N–H and O–H groups in total. The number of benzene rings is 1. The lowest BCUT2D eigenvalue weighted by Gasteiger charge is -2.07. The average Bonchev–Trinajstić information content (AvgIpc) is 2.74. The lowest BCUT2D eigenvalue weighted by molar-refractivity contribution is 0.102. The van der Waals surface area contributed by atoms with Crippen molar-refractivity contribution in [1.82, 2.24) is 5.16 Å². The molecule has 0 saturated heterocycles. The van der Waals surface area contributed by atoms with Crippen molar-refractivity contribution in [2.45, 2.75) is 6.92 Å². The van der Waals surface area contributed by atoms with Crippen molar-refractivity contribution in [2.24, 2.45) is 0 Å². The highest BCUT2D eigenvalue weighted by Crippen LogP contribution is 2.23. The third-order valence-corrected chi connectivity index (χ3v) is 2.51. The first-order valence-corrected chi connectivity index (χ1v) is 5.56. The van der Waals surface area contributed by atoms with Crippen molar-refractivity contribution in [3.63, 3.8) is 0 Å². The fraction of sp³-hybridized carbons (Fsp3) is 0.167. The molecule has 0 saturated carbocycles. The van der Waals surface area contributed by atoms with E-state index in [1.807, 2.05) is 0 Å². The van der Waals surface area contributed by atoms with Crippen LogP contribution in [0.15, 0.2) is 28.8 Å². The smallest absolute Gasteiger partial charge is 0.261 e. The van der Waals surface area contributed by atoms with E-state index in [1.165, 1.54) is 13.2 Å². The summed E-state index contributed by atoms with van der Waals surface area (Å²) in [7, 11) is 1.48. The van der Waals surface area contributed by atoms with Crippen molar-refractivity contribution in [3.8, 4) is 5.75 Å². The Hall–Kier alpha value is -2.01. The van der Waals surface area contributed by atoms with Crippen LogP contribution in [0.5, 0.6) is 5.75 Å². The number of aryl methyl sites for hydroxylation is 1. The molecule has 2 rings (SSSR count). The molecular weight excluding hydrogens is 256 g/mol. The third kappa shape index (κ3) is 2.62. The summed E-state index contributed by atoms with van der Waals surface area (Å²) in [6.45, 7) is 1.76. The van der Waals surface area contributed by atoms with Gasteiger partial charge in [-0.2, -0.15) is 0 Å². The number of nitrogens with one attached hydrogen (secondary N) is 1. The molecular formula is C12H11ClN2O3. The van der Waals surface area contributed by atoms with Gasteiger partial charge in [0.1, 0.15) is 5.75 Å². The average molecular weight is 267 g/mol. The SMILES string of the molecule is COc1ccc(Cl)cc1C(=O)Nc1cc(C)no1. The monoisotopic (exact) mass is 266 g/mol. The maximum absolute atomic E-state index is 12.0. The van der Waals surface area contributed by atoms with Crippen molar-refractivity contribution in [3.05, 3.63) is 40.5 Å². The standard InChI is InChI=1S/C12H11ClN2O3/c1-7-5-11(18-15-7)14-12(16)9-6-8(13)3-4-10(9)17-2/h3-6H,1-2H3,(H,14,16). The number of halogens is 1. The second-order valence-corrected chi connectivity index (χ2v) is 4.07. The Balaban J connectivity index is 2.25. The van der Waals surface area contributed by atoms with Crippen LogP contribution < -0.4 is 10.1 Å².